The van der Waals surface area contributed by atoms with Gasteiger partial charge in [-0.1, -0.05) is 118 Å². The first-order chi connectivity index (χ1) is 24.0. The van der Waals surface area contributed by atoms with Crippen molar-refractivity contribution in [2.45, 2.75) is 26.2 Å². The predicted octanol–water partition coefficient (Wildman–Crippen LogP) is 12.6. The summed E-state index contributed by atoms with van der Waals surface area (Å²) in [4.78, 5) is 2.43. The molecule has 0 saturated heterocycles. The summed E-state index contributed by atoms with van der Waals surface area (Å²) < 4.78 is 4.83. The van der Waals surface area contributed by atoms with Gasteiger partial charge in [0.05, 0.1) is 27.8 Å². The molecular weight excluding hydrogens is 595 g/mol. The summed E-state index contributed by atoms with van der Waals surface area (Å²) in [6.45, 7) is 6.84. The van der Waals surface area contributed by atoms with Crippen LogP contribution in [0.2, 0.25) is 0 Å². The van der Waals surface area contributed by atoms with Crippen LogP contribution in [0.5, 0.6) is 0 Å². The molecule has 9 rings (SSSR count). The largest absolute Gasteiger partial charge is 0.310 e. The zero-order chi connectivity index (χ0) is 33.1. The number of hydrogen-bond donors (Lipinski definition) is 0. The summed E-state index contributed by atoms with van der Waals surface area (Å²) in [5, 5.41) is 4.95. The molecule has 0 spiro atoms. The van der Waals surface area contributed by atoms with Crippen molar-refractivity contribution < 1.29 is 0 Å². The molecule has 0 fully saturated rings. The first-order valence-corrected chi connectivity index (χ1v) is 17.0. The quantitative estimate of drug-likeness (QED) is 0.184. The fourth-order valence-electron chi connectivity index (χ4n) is 7.53. The Morgan fingerprint density at radius 3 is 1.73 bits per heavy atom. The van der Waals surface area contributed by atoms with E-state index in [9.17, 15) is 0 Å². The molecule has 0 amide bonds. The molecule has 7 aromatic carbocycles. The zero-order valence-corrected chi connectivity index (χ0v) is 28.0. The molecule has 2 aromatic heterocycles. The van der Waals surface area contributed by atoms with Crippen LogP contribution in [0.15, 0.2) is 170 Å². The van der Waals surface area contributed by atoms with Crippen LogP contribution in [0.3, 0.4) is 0 Å². The topological polar surface area (TPSA) is 13.1 Å². The Bertz CT molecular complexity index is 2640. The lowest BCUT2D eigenvalue weighted by Crippen LogP contribution is -2.11. The van der Waals surface area contributed by atoms with Gasteiger partial charge in [-0.25, -0.2) is 0 Å². The lowest BCUT2D eigenvalue weighted by molar-refractivity contribution is 0.590. The second-order valence-electron chi connectivity index (χ2n) is 13.9. The molecule has 0 aliphatic rings. The van der Waals surface area contributed by atoms with E-state index in [1.54, 1.807) is 0 Å². The van der Waals surface area contributed by atoms with E-state index in [4.69, 9.17) is 0 Å². The van der Waals surface area contributed by atoms with Crippen molar-refractivity contribution in [3.05, 3.63) is 175 Å². The van der Waals surface area contributed by atoms with E-state index in [1.807, 2.05) is 0 Å². The van der Waals surface area contributed by atoms with E-state index in [1.165, 1.54) is 54.9 Å². The summed E-state index contributed by atoms with van der Waals surface area (Å²) in [5.74, 6) is 0. The van der Waals surface area contributed by atoms with Gasteiger partial charge in [0.1, 0.15) is 0 Å². The molecule has 3 heteroatoms. The monoisotopic (exact) mass is 631 g/mol. The van der Waals surface area contributed by atoms with Gasteiger partial charge in [0.25, 0.3) is 0 Å². The fourth-order valence-corrected chi connectivity index (χ4v) is 7.53. The molecule has 0 aliphatic heterocycles. The van der Waals surface area contributed by atoms with Gasteiger partial charge in [-0.15, -0.1) is 0 Å². The minimum atomic E-state index is 0.0465. The van der Waals surface area contributed by atoms with Crippen molar-refractivity contribution >= 4 is 60.7 Å². The minimum absolute atomic E-state index is 0.0465. The molecule has 0 N–H and O–H groups in total. The summed E-state index contributed by atoms with van der Waals surface area (Å²) in [6, 6.07) is 61.7. The van der Waals surface area contributed by atoms with Crippen LogP contribution >= 0.6 is 0 Å². The first kappa shape index (κ1) is 29.1. The standard InChI is InChI=1S/C46H37N3/c1-46(2,3)32-16-14-21-35(30-32)49-41-25-13-11-23-39(41)45-42(26-15-27-43(45)49)47(33-17-6-4-7-18-33)36-28-29-38-37-22-10-12-24-40(37)48(44(38)31-36)34-19-8-5-9-20-34/h4-31H,1-3H3. The number of anilines is 3. The Balaban J connectivity index is 1.34. The van der Waals surface area contributed by atoms with E-state index < -0.39 is 0 Å². The molecule has 3 nitrogen and oxygen atoms in total. The second kappa shape index (κ2) is 11.3. The highest BCUT2D eigenvalue weighted by Gasteiger charge is 2.23. The number of aromatic nitrogens is 2. The van der Waals surface area contributed by atoms with E-state index in [0.717, 1.165) is 22.7 Å². The van der Waals surface area contributed by atoms with Crippen molar-refractivity contribution in [2.75, 3.05) is 4.90 Å². The molecule has 0 atom stereocenters. The summed E-state index contributed by atoms with van der Waals surface area (Å²) >= 11 is 0. The maximum absolute atomic E-state index is 2.43. The van der Waals surface area contributed by atoms with Crippen molar-refractivity contribution in [3.8, 4) is 11.4 Å². The Kier molecular flexibility index (Phi) is 6.70. The normalized spacial score (nSPS) is 12.0. The Hall–Kier alpha value is -6.06. The van der Waals surface area contributed by atoms with Crippen LogP contribution in [0.25, 0.3) is 55.0 Å². The van der Waals surface area contributed by atoms with Gasteiger partial charge in [-0.05, 0) is 83.8 Å². The van der Waals surface area contributed by atoms with Gasteiger partial charge in [0.15, 0.2) is 0 Å². The predicted molar refractivity (Wildman–Crippen MR) is 209 cm³/mol. The number of benzene rings is 7. The average Bonchev–Trinajstić information content (AvgIpc) is 3.65. The van der Waals surface area contributed by atoms with Crippen LogP contribution in [0.4, 0.5) is 17.1 Å². The third-order valence-corrected chi connectivity index (χ3v) is 9.83. The van der Waals surface area contributed by atoms with Gasteiger partial charge in [0.2, 0.25) is 0 Å². The number of nitrogens with zero attached hydrogens (tertiary/aromatic N) is 3. The third kappa shape index (κ3) is 4.73. The molecule has 49 heavy (non-hydrogen) atoms. The van der Waals surface area contributed by atoms with Crippen LogP contribution in [-0.2, 0) is 5.41 Å². The Morgan fingerprint density at radius 1 is 0.408 bits per heavy atom. The molecule has 0 saturated carbocycles. The van der Waals surface area contributed by atoms with Crippen LogP contribution in [-0.4, -0.2) is 9.13 Å². The molecule has 9 aromatic rings. The summed E-state index contributed by atoms with van der Waals surface area (Å²) in [5.41, 5.74) is 11.8. The van der Waals surface area contributed by atoms with E-state index in [2.05, 4.69) is 205 Å². The van der Waals surface area contributed by atoms with Crippen LogP contribution in [0.1, 0.15) is 26.3 Å². The maximum atomic E-state index is 2.43. The first-order valence-electron chi connectivity index (χ1n) is 17.0. The van der Waals surface area contributed by atoms with Gasteiger partial charge in [0, 0.05) is 44.3 Å². The van der Waals surface area contributed by atoms with Gasteiger partial charge >= 0.3 is 0 Å². The molecule has 236 valence electrons. The van der Waals surface area contributed by atoms with Crippen LogP contribution < -0.4 is 4.90 Å². The van der Waals surface area contributed by atoms with Gasteiger partial charge in [-0.3, -0.25) is 0 Å². The lowest BCUT2D eigenvalue weighted by Gasteiger charge is -2.27. The van der Waals surface area contributed by atoms with Gasteiger partial charge < -0.3 is 14.0 Å². The van der Waals surface area contributed by atoms with Crippen molar-refractivity contribution in [1.82, 2.24) is 9.13 Å². The van der Waals surface area contributed by atoms with Crippen molar-refractivity contribution in [1.29, 1.82) is 0 Å². The minimum Gasteiger partial charge on any atom is -0.310 e. The smallest absolute Gasteiger partial charge is 0.0562 e. The molecule has 0 radical (unpaired) electrons. The van der Waals surface area contributed by atoms with Crippen molar-refractivity contribution in [3.63, 3.8) is 0 Å². The SMILES string of the molecule is CC(C)(C)c1cccc(-n2c3ccccc3c3c(N(c4ccccc4)c4ccc5c6ccccc6n(-c6ccccc6)c5c4)cccc32)c1. The van der Waals surface area contributed by atoms with Crippen molar-refractivity contribution in [2.24, 2.45) is 0 Å². The highest BCUT2D eigenvalue weighted by molar-refractivity contribution is 6.17. The lowest BCUT2D eigenvalue weighted by atomic mass is 9.87. The average molecular weight is 632 g/mol. The summed E-state index contributed by atoms with van der Waals surface area (Å²) in [6.07, 6.45) is 0. The third-order valence-electron chi connectivity index (χ3n) is 9.83. The van der Waals surface area contributed by atoms with E-state index >= 15 is 0 Å². The van der Waals surface area contributed by atoms with Crippen LogP contribution in [0, 0.1) is 0 Å². The number of para-hydroxylation sites is 4. The molecule has 0 aliphatic carbocycles. The highest BCUT2D eigenvalue weighted by Crippen LogP contribution is 2.45. The van der Waals surface area contributed by atoms with E-state index in [0.29, 0.717) is 0 Å². The molecule has 0 bridgehead atoms. The second-order valence-corrected chi connectivity index (χ2v) is 13.9. The Morgan fingerprint density at radius 2 is 0.980 bits per heavy atom. The fraction of sp³-hybridized carbons (Fsp3) is 0.0870. The molecule has 2 heterocycles. The maximum Gasteiger partial charge on any atom is 0.0562 e. The highest BCUT2D eigenvalue weighted by atomic mass is 15.1. The van der Waals surface area contributed by atoms with E-state index in [-0.39, 0.29) is 5.41 Å². The Labute approximate surface area is 286 Å². The van der Waals surface area contributed by atoms with Gasteiger partial charge in [-0.2, -0.15) is 0 Å². The number of fused-ring (bicyclic) bond motifs is 6. The number of rotatable bonds is 5. The zero-order valence-electron chi connectivity index (χ0n) is 28.0. The molecule has 0 unspecified atom stereocenters. The summed E-state index contributed by atoms with van der Waals surface area (Å²) in [7, 11) is 0. The molecular formula is C46H37N3. The number of hydrogen-bond acceptors (Lipinski definition) is 1.